The van der Waals surface area contributed by atoms with Crippen molar-refractivity contribution in [3.63, 3.8) is 0 Å². The summed E-state index contributed by atoms with van der Waals surface area (Å²) in [6.07, 6.45) is 4.57. The maximum absolute atomic E-state index is 11.4. The van der Waals surface area contributed by atoms with Gasteiger partial charge in [-0.15, -0.1) is 0 Å². The van der Waals surface area contributed by atoms with Gasteiger partial charge in [0.15, 0.2) is 0 Å². The van der Waals surface area contributed by atoms with E-state index in [9.17, 15) is 9.59 Å². The number of hydrazine groups is 2. The molecular formula is C12H23BN4O4. The summed E-state index contributed by atoms with van der Waals surface area (Å²) in [5.41, 5.74) is 5.96. The first kappa shape index (κ1) is 16.2. The van der Waals surface area contributed by atoms with Crippen molar-refractivity contribution < 1.29 is 18.9 Å². The number of hydrogen-bond acceptors (Lipinski definition) is 8. The average Bonchev–Trinajstić information content (AvgIpc) is 3.16. The Morgan fingerprint density at radius 2 is 1.19 bits per heavy atom. The molecule has 0 saturated carbocycles. The van der Waals surface area contributed by atoms with E-state index < -0.39 is 11.9 Å². The molecule has 0 aromatic carbocycles. The fourth-order valence-corrected chi connectivity index (χ4v) is 2.37. The number of hydrogen-bond donors (Lipinski definition) is 2. The molecule has 2 saturated heterocycles. The molecule has 2 aliphatic heterocycles. The summed E-state index contributed by atoms with van der Waals surface area (Å²) in [4.78, 5) is 22.8. The van der Waals surface area contributed by atoms with Crippen molar-refractivity contribution >= 4 is 19.6 Å². The molecule has 2 heterocycles. The van der Waals surface area contributed by atoms with Gasteiger partial charge in [0.05, 0.1) is 0 Å². The van der Waals surface area contributed by atoms with E-state index in [1.54, 1.807) is 0 Å². The van der Waals surface area contributed by atoms with Crippen LogP contribution in [0.2, 0.25) is 0 Å². The maximum Gasteiger partial charge on any atom is 0.580 e. The summed E-state index contributed by atoms with van der Waals surface area (Å²) in [5, 5.41) is 3.99. The summed E-state index contributed by atoms with van der Waals surface area (Å²) < 4.78 is 9.66. The van der Waals surface area contributed by atoms with E-state index in [0.29, 0.717) is 0 Å². The minimum Gasteiger partial charge on any atom is -0.501 e. The molecule has 0 aromatic rings. The van der Waals surface area contributed by atoms with Crippen LogP contribution in [0.4, 0.5) is 0 Å². The predicted molar refractivity (Wildman–Crippen MR) is 77.0 cm³/mol. The number of rotatable bonds is 8. The van der Waals surface area contributed by atoms with Gasteiger partial charge in [0.2, 0.25) is 0 Å². The molecule has 0 amide bonds. The molecule has 0 bridgehead atoms. The molecule has 0 aromatic heterocycles. The molecule has 2 fully saturated rings. The van der Waals surface area contributed by atoms with Crippen LogP contribution in [0.5, 0.6) is 0 Å². The molecule has 2 aliphatic rings. The zero-order valence-electron chi connectivity index (χ0n) is 12.3. The summed E-state index contributed by atoms with van der Waals surface area (Å²) in [6.45, 7) is 4.00. The largest absolute Gasteiger partial charge is 0.580 e. The molecule has 0 spiro atoms. The van der Waals surface area contributed by atoms with Crippen LogP contribution in [0.3, 0.4) is 0 Å². The number of nitrogens with one attached hydrogen (secondary N) is 2. The van der Waals surface area contributed by atoms with Gasteiger partial charge in [-0.2, -0.15) is 0 Å². The van der Waals surface area contributed by atoms with Gasteiger partial charge in [-0.25, -0.2) is 20.9 Å². The fraction of sp³-hybridized carbons (Fsp3) is 0.833. The van der Waals surface area contributed by atoms with Crippen molar-refractivity contribution in [2.75, 3.05) is 39.3 Å². The Balaban J connectivity index is 1.45. The molecule has 0 radical (unpaired) electrons. The van der Waals surface area contributed by atoms with Crippen LogP contribution in [-0.4, -0.2) is 68.9 Å². The van der Waals surface area contributed by atoms with Crippen molar-refractivity contribution in [1.29, 1.82) is 0 Å². The lowest BCUT2D eigenvalue weighted by molar-refractivity contribution is -0.139. The molecule has 0 aliphatic carbocycles. The Kier molecular flexibility index (Phi) is 6.94. The second-order valence-corrected chi connectivity index (χ2v) is 5.21. The topological polar surface area (TPSA) is 83.1 Å². The minimum atomic E-state index is -0.429. The molecule has 118 valence electrons. The SMILES string of the molecule is O=C(CNN1CCCC1)OBOC(=O)CNN1CCCC1. The Hall–Kier alpha value is -1.16. The van der Waals surface area contributed by atoms with E-state index in [1.807, 2.05) is 10.0 Å². The van der Waals surface area contributed by atoms with E-state index >= 15 is 0 Å². The molecule has 9 heteroatoms. The first-order valence-electron chi connectivity index (χ1n) is 7.52. The van der Waals surface area contributed by atoms with Crippen molar-refractivity contribution in [1.82, 2.24) is 20.9 Å². The summed E-state index contributed by atoms with van der Waals surface area (Å²) in [6, 6.07) is 0. The Morgan fingerprint density at radius 3 is 1.57 bits per heavy atom. The monoisotopic (exact) mass is 298 g/mol. The Morgan fingerprint density at radius 1 is 0.810 bits per heavy atom. The van der Waals surface area contributed by atoms with Crippen LogP contribution in [0.1, 0.15) is 25.7 Å². The maximum atomic E-state index is 11.4. The highest BCUT2D eigenvalue weighted by molar-refractivity contribution is 6.26. The normalized spacial score (nSPS) is 19.6. The number of nitrogens with zero attached hydrogens (tertiary/aromatic N) is 2. The molecule has 0 atom stereocenters. The smallest absolute Gasteiger partial charge is 0.501 e. The van der Waals surface area contributed by atoms with Gasteiger partial charge >= 0.3 is 19.6 Å². The Bertz CT molecular complexity index is 314. The van der Waals surface area contributed by atoms with Crippen molar-refractivity contribution in [3.05, 3.63) is 0 Å². The average molecular weight is 298 g/mol. The molecular weight excluding hydrogens is 275 g/mol. The highest BCUT2D eigenvalue weighted by Crippen LogP contribution is 2.03. The third-order valence-corrected chi connectivity index (χ3v) is 3.55. The predicted octanol–water partition coefficient (Wildman–Crippen LogP) is -1.46. The van der Waals surface area contributed by atoms with Gasteiger partial charge in [0.25, 0.3) is 0 Å². The van der Waals surface area contributed by atoms with Gasteiger partial charge in [-0.1, -0.05) is 0 Å². The number of carbonyl (C=O) groups excluding carboxylic acids is 2. The second-order valence-electron chi connectivity index (χ2n) is 5.21. The lowest BCUT2D eigenvalue weighted by Gasteiger charge is -2.16. The molecule has 0 unspecified atom stereocenters. The first-order chi connectivity index (χ1) is 10.2. The molecule has 2 rings (SSSR count). The number of carbonyl (C=O) groups is 2. The van der Waals surface area contributed by atoms with E-state index in [1.165, 1.54) is 0 Å². The fourth-order valence-electron chi connectivity index (χ4n) is 2.37. The Labute approximate surface area is 125 Å². The third-order valence-electron chi connectivity index (χ3n) is 3.55. The standard InChI is InChI=1S/C12H23BN4O4/c18-11(9-14-16-5-1-2-6-16)20-13-21-12(19)10-15-17-7-3-4-8-17/h13-15H,1-10H2. The molecule has 21 heavy (non-hydrogen) atoms. The van der Waals surface area contributed by atoms with Gasteiger partial charge in [0.1, 0.15) is 13.1 Å². The van der Waals surface area contributed by atoms with Gasteiger partial charge in [0, 0.05) is 26.2 Å². The van der Waals surface area contributed by atoms with Crippen LogP contribution in [0.15, 0.2) is 0 Å². The van der Waals surface area contributed by atoms with Gasteiger partial charge in [-0.3, -0.25) is 9.59 Å². The van der Waals surface area contributed by atoms with Crippen LogP contribution in [0.25, 0.3) is 0 Å². The van der Waals surface area contributed by atoms with Gasteiger partial charge < -0.3 is 9.31 Å². The van der Waals surface area contributed by atoms with Crippen LogP contribution in [-0.2, 0) is 18.9 Å². The van der Waals surface area contributed by atoms with Crippen molar-refractivity contribution in [2.24, 2.45) is 0 Å². The van der Waals surface area contributed by atoms with Crippen molar-refractivity contribution in [2.45, 2.75) is 25.7 Å². The quantitative estimate of drug-likeness (QED) is 0.526. The van der Waals surface area contributed by atoms with E-state index in [4.69, 9.17) is 9.31 Å². The zero-order chi connectivity index (χ0) is 14.9. The second kappa shape index (κ2) is 8.98. The van der Waals surface area contributed by atoms with Crippen LogP contribution < -0.4 is 10.9 Å². The lowest BCUT2D eigenvalue weighted by atomic mass is 10.4. The minimum absolute atomic E-state index is 0.101. The van der Waals surface area contributed by atoms with E-state index in [0.717, 1.165) is 51.9 Å². The van der Waals surface area contributed by atoms with Crippen molar-refractivity contribution in [3.8, 4) is 0 Å². The summed E-state index contributed by atoms with van der Waals surface area (Å²) in [5.74, 6) is -0.857. The third kappa shape index (κ3) is 6.43. The summed E-state index contributed by atoms with van der Waals surface area (Å²) >= 11 is 0. The van der Waals surface area contributed by atoms with Gasteiger partial charge in [-0.05, 0) is 25.7 Å². The highest BCUT2D eigenvalue weighted by atomic mass is 16.6. The van der Waals surface area contributed by atoms with E-state index in [2.05, 4.69) is 10.9 Å². The molecule has 8 nitrogen and oxygen atoms in total. The zero-order valence-corrected chi connectivity index (χ0v) is 12.3. The molecule has 2 N–H and O–H groups in total. The van der Waals surface area contributed by atoms with Crippen LogP contribution >= 0.6 is 0 Å². The van der Waals surface area contributed by atoms with Crippen LogP contribution in [0, 0.1) is 0 Å². The first-order valence-corrected chi connectivity index (χ1v) is 7.52. The highest BCUT2D eigenvalue weighted by Gasteiger charge is 2.15. The summed E-state index contributed by atoms with van der Waals surface area (Å²) in [7, 11) is -0.332. The van der Waals surface area contributed by atoms with E-state index in [-0.39, 0.29) is 20.8 Å². The lowest BCUT2D eigenvalue weighted by Crippen LogP contribution is -2.41.